The highest BCUT2D eigenvalue weighted by atomic mass is 35.5. The van der Waals surface area contributed by atoms with Crippen molar-refractivity contribution in [3.63, 3.8) is 0 Å². The standard InChI is InChI=1S/C20H24Cl2N2O3S/c1-4-27-17-8-5-13(11-18(17)26-2)9-10-23-20(25)19(24-28-3)14-6-7-15(21)16(22)12-14/h5-8,11-12,19,24H,4,9-10H2,1-3H3,(H,23,25). The Morgan fingerprint density at radius 3 is 2.57 bits per heavy atom. The molecule has 0 heterocycles. The van der Waals surface area contributed by atoms with Crippen LogP contribution in [0.3, 0.4) is 0 Å². The van der Waals surface area contributed by atoms with E-state index in [0.29, 0.717) is 41.1 Å². The summed E-state index contributed by atoms with van der Waals surface area (Å²) in [5, 5.41) is 3.84. The fourth-order valence-electron chi connectivity index (χ4n) is 2.66. The number of hydrogen-bond acceptors (Lipinski definition) is 5. The maximum Gasteiger partial charge on any atom is 0.242 e. The first-order valence-electron chi connectivity index (χ1n) is 8.81. The summed E-state index contributed by atoms with van der Waals surface area (Å²) in [7, 11) is 1.61. The minimum Gasteiger partial charge on any atom is -0.493 e. The third-order valence-corrected chi connectivity index (χ3v) is 5.23. The highest BCUT2D eigenvalue weighted by Gasteiger charge is 2.20. The van der Waals surface area contributed by atoms with Gasteiger partial charge in [0.05, 0.1) is 23.8 Å². The molecule has 5 nitrogen and oxygen atoms in total. The minimum atomic E-state index is -0.528. The lowest BCUT2D eigenvalue weighted by Crippen LogP contribution is -2.36. The van der Waals surface area contributed by atoms with Crippen molar-refractivity contribution in [1.82, 2.24) is 10.0 Å². The number of rotatable bonds is 10. The van der Waals surface area contributed by atoms with Gasteiger partial charge < -0.3 is 14.8 Å². The van der Waals surface area contributed by atoms with Crippen molar-refractivity contribution < 1.29 is 14.3 Å². The molecule has 0 aliphatic heterocycles. The maximum absolute atomic E-state index is 12.7. The Bertz CT molecular complexity index is 805. The van der Waals surface area contributed by atoms with Crippen LogP contribution in [0.1, 0.15) is 24.1 Å². The molecule has 1 atom stereocenters. The number of hydrogen-bond donors (Lipinski definition) is 2. The minimum absolute atomic E-state index is 0.134. The lowest BCUT2D eigenvalue weighted by Gasteiger charge is -2.18. The van der Waals surface area contributed by atoms with E-state index in [4.69, 9.17) is 32.7 Å². The van der Waals surface area contributed by atoms with Crippen LogP contribution in [-0.2, 0) is 11.2 Å². The van der Waals surface area contributed by atoms with Crippen molar-refractivity contribution in [3.05, 3.63) is 57.6 Å². The van der Waals surface area contributed by atoms with Gasteiger partial charge in [-0.1, -0.05) is 47.3 Å². The quantitative estimate of drug-likeness (QED) is 0.523. The van der Waals surface area contributed by atoms with Gasteiger partial charge in [-0.25, -0.2) is 4.72 Å². The van der Waals surface area contributed by atoms with Crippen LogP contribution in [0.15, 0.2) is 36.4 Å². The summed E-state index contributed by atoms with van der Waals surface area (Å²) in [6.45, 7) is 2.99. The fourth-order valence-corrected chi connectivity index (χ4v) is 3.44. The molecule has 2 rings (SSSR count). The molecule has 0 saturated heterocycles. The number of amides is 1. The molecule has 0 aliphatic carbocycles. The molecule has 0 aliphatic rings. The van der Waals surface area contributed by atoms with E-state index in [0.717, 1.165) is 11.1 Å². The second-order valence-electron chi connectivity index (χ2n) is 5.89. The second-order valence-corrected chi connectivity index (χ2v) is 7.35. The molecule has 1 unspecified atom stereocenters. The first-order chi connectivity index (χ1) is 13.5. The zero-order chi connectivity index (χ0) is 20.5. The van der Waals surface area contributed by atoms with Crippen LogP contribution in [-0.4, -0.2) is 32.4 Å². The predicted molar refractivity (Wildman–Crippen MR) is 117 cm³/mol. The van der Waals surface area contributed by atoms with Gasteiger partial charge in [-0.3, -0.25) is 4.79 Å². The lowest BCUT2D eigenvalue weighted by atomic mass is 10.1. The molecule has 0 saturated carbocycles. The number of nitrogens with one attached hydrogen (secondary N) is 2. The van der Waals surface area contributed by atoms with Gasteiger partial charge in [0, 0.05) is 6.54 Å². The Morgan fingerprint density at radius 2 is 1.93 bits per heavy atom. The van der Waals surface area contributed by atoms with Crippen molar-refractivity contribution in [2.24, 2.45) is 0 Å². The summed E-state index contributed by atoms with van der Waals surface area (Å²) in [5.74, 6) is 1.26. The number of halogens is 2. The van der Waals surface area contributed by atoms with Gasteiger partial charge >= 0.3 is 0 Å². The highest BCUT2D eigenvalue weighted by molar-refractivity contribution is 7.96. The summed E-state index contributed by atoms with van der Waals surface area (Å²) < 4.78 is 14.0. The normalized spacial score (nSPS) is 11.8. The molecule has 0 radical (unpaired) electrons. The number of carbonyl (C=O) groups excluding carboxylic acids is 1. The zero-order valence-corrected chi connectivity index (χ0v) is 18.4. The molecule has 0 aromatic heterocycles. The molecule has 1 amide bonds. The maximum atomic E-state index is 12.7. The van der Waals surface area contributed by atoms with Gasteiger partial charge in [-0.05, 0) is 55.0 Å². The van der Waals surface area contributed by atoms with Crippen molar-refractivity contribution in [1.29, 1.82) is 0 Å². The van der Waals surface area contributed by atoms with E-state index in [1.54, 1.807) is 25.3 Å². The van der Waals surface area contributed by atoms with Crippen molar-refractivity contribution in [2.75, 3.05) is 26.5 Å². The first-order valence-corrected chi connectivity index (χ1v) is 10.8. The average Bonchev–Trinajstić information content (AvgIpc) is 2.69. The third-order valence-electron chi connectivity index (χ3n) is 4.02. The lowest BCUT2D eigenvalue weighted by molar-refractivity contribution is -0.122. The first kappa shape index (κ1) is 22.7. The van der Waals surface area contributed by atoms with Gasteiger partial charge in [-0.15, -0.1) is 0 Å². The summed E-state index contributed by atoms with van der Waals surface area (Å²) in [6.07, 6.45) is 2.53. The average molecular weight is 443 g/mol. The molecule has 0 bridgehead atoms. The summed E-state index contributed by atoms with van der Waals surface area (Å²) in [6, 6.07) is 10.4. The number of ether oxygens (including phenoxy) is 2. The van der Waals surface area contributed by atoms with Crippen molar-refractivity contribution in [3.8, 4) is 11.5 Å². The number of methoxy groups -OCH3 is 1. The van der Waals surface area contributed by atoms with Crippen LogP contribution < -0.4 is 19.5 Å². The van der Waals surface area contributed by atoms with Crippen molar-refractivity contribution >= 4 is 41.1 Å². The van der Waals surface area contributed by atoms with E-state index in [-0.39, 0.29) is 5.91 Å². The van der Waals surface area contributed by atoms with Gasteiger partial charge in [0.15, 0.2) is 11.5 Å². The molecule has 28 heavy (non-hydrogen) atoms. The van der Waals surface area contributed by atoms with E-state index < -0.39 is 6.04 Å². The molecule has 8 heteroatoms. The number of carbonyl (C=O) groups is 1. The van der Waals surface area contributed by atoms with E-state index in [2.05, 4.69) is 10.0 Å². The van der Waals surface area contributed by atoms with Crippen LogP contribution in [0.25, 0.3) is 0 Å². The molecule has 152 valence electrons. The molecule has 0 fully saturated rings. The van der Waals surface area contributed by atoms with Gasteiger partial charge in [0.25, 0.3) is 0 Å². The molecule has 2 aromatic carbocycles. The molecular weight excluding hydrogens is 419 g/mol. The van der Waals surface area contributed by atoms with Crippen LogP contribution in [0.2, 0.25) is 10.0 Å². The summed E-state index contributed by atoms with van der Waals surface area (Å²) in [5.41, 5.74) is 1.80. The summed E-state index contributed by atoms with van der Waals surface area (Å²) in [4.78, 5) is 12.7. The smallest absolute Gasteiger partial charge is 0.242 e. The second kappa shape index (κ2) is 11.4. The van der Waals surface area contributed by atoms with Crippen LogP contribution in [0.5, 0.6) is 11.5 Å². The Hall–Kier alpha value is -1.60. The van der Waals surface area contributed by atoms with E-state index in [9.17, 15) is 4.79 Å². The predicted octanol–water partition coefficient (Wildman–Crippen LogP) is 4.67. The SMILES string of the molecule is CCOc1ccc(CCNC(=O)C(NSC)c2ccc(Cl)c(Cl)c2)cc1OC. The Balaban J connectivity index is 2.00. The summed E-state index contributed by atoms with van der Waals surface area (Å²) >= 11 is 13.4. The van der Waals surface area contributed by atoms with Gasteiger partial charge in [-0.2, -0.15) is 0 Å². The molecular formula is C20H24Cl2N2O3S. The number of benzene rings is 2. The monoisotopic (exact) mass is 442 g/mol. The van der Waals surface area contributed by atoms with E-state index >= 15 is 0 Å². The molecule has 0 spiro atoms. The third kappa shape index (κ3) is 6.21. The fraction of sp³-hybridized carbons (Fsp3) is 0.350. The topological polar surface area (TPSA) is 59.6 Å². The van der Waals surface area contributed by atoms with Crippen LogP contribution in [0, 0.1) is 0 Å². The largest absolute Gasteiger partial charge is 0.493 e. The van der Waals surface area contributed by atoms with E-state index in [1.165, 1.54) is 11.9 Å². The molecule has 2 aromatic rings. The van der Waals surface area contributed by atoms with Crippen LogP contribution >= 0.6 is 35.1 Å². The van der Waals surface area contributed by atoms with Gasteiger partial charge in [0.1, 0.15) is 6.04 Å². The van der Waals surface area contributed by atoms with Crippen molar-refractivity contribution in [2.45, 2.75) is 19.4 Å². The Labute approximate surface area is 180 Å². The Kier molecular flexibility index (Phi) is 9.25. The van der Waals surface area contributed by atoms with Crippen LogP contribution in [0.4, 0.5) is 0 Å². The van der Waals surface area contributed by atoms with Gasteiger partial charge in [0.2, 0.25) is 5.91 Å². The van der Waals surface area contributed by atoms with E-state index in [1.807, 2.05) is 31.4 Å². The highest BCUT2D eigenvalue weighted by Crippen LogP contribution is 2.28. The zero-order valence-electron chi connectivity index (χ0n) is 16.1. The molecule has 2 N–H and O–H groups in total. The Morgan fingerprint density at radius 1 is 1.14 bits per heavy atom.